The Morgan fingerprint density at radius 2 is 1.69 bits per heavy atom. The standard InChI is InChI=1S/C26H29F3N2O5/c27-26(28,29)16-35-21-9-4-18(5-10-21)25(33)36-22-7-1-17(2-8-22)3-12-24(32)34-14-13-19-15-20(30)6-11-23(19)31/h1-3,6-8,11-12,15,18,21H,4-5,9-10,13-14,16,30-31H2/b12-3+. The number of ether oxygens (including phenoxy) is 3. The predicted molar refractivity (Wildman–Crippen MR) is 129 cm³/mol. The van der Waals surface area contributed by atoms with Crippen LogP contribution in [0.15, 0.2) is 48.5 Å². The molecule has 1 saturated carbocycles. The molecule has 0 atom stereocenters. The van der Waals surface area contributed by atoms with E-state index in [0.29, 0.717) is 54.8 Å². The third kappa shape index (κ3) is 8.92. The summed E-state index contributed by atoms with van der Waals surface area (Å²) in [5.74, 6) is -0.970. The molecule has 0 heterocycles. The molecule has 4 N–H and O–H groups in total. The molecule has 194 valence electrons. The minimum atomic E-state index is -4.36. The van der Waals surface area contributed by atoms with Gasteiger partial charge in [0.15, 0.2) is 0 Å². The topological polar surface area (TPSA) is 114 Å². The Morgan fingerprint density at radius 3 is 2.36 bits per heavy atom. The minimum absolute atomic E-state index is 0.155. The molecule has 36 heavy (non-hydrogen) atoms. The molecule has 0 spiro atoms. The summed E-state index contributed by atoms with van der Waals surface area (Å²) in [4.78, 5) is 24.4. The van der Waals surface area contributed by atoms with Crippen molar-refractivity contribution in [1.82, 2.24) is 0 Å². The molecule has 3 rings (SSSR count). The molecule has 0 saturated heterocycles. The van der Waals surface area contributed by atoms with Crippen molar-refractivity contribution in [2.45, 2.75) is 44.4 Å². The van der Waals surface area contributed by atoms with Crippen molar-refractivity contribution in [3.8, 4) is 5.75 Å². The lowest BCUT2D eigenvalue weighted by molar-refractivity contribution is -0.189. The molecule has 0 bridgehead atoms. The summed E-state index contributed by atoms with van der Waals surface area (Å²) >= 11 is 0. The molecule has 2 aromatic carbocycles. The van der Waals surface area contributed by atoms with E-state index < -0.39 is 30.8 Å². The van der Waals surface area contributed by atoms with E-state index >= 15 is 0 Å². The first-order chi connectivity index (χ1) is 17.1. The van der Waals surface area contributed by atoms with Gasteiger partial charge in [0.05, 0.1) is 18.6 Å². The zero-order valence-electron chi connectivity index (χ0n) is 19.6. The Bertz CT molecular complexity index is 1060. The first kappa shape index (κ1) is 27.1. The molecular weight excluding hydrogens is 477 g/mol. The summed E-state index contributed by atoms with van der Waals surface area (Å²) in [5.41, 5.74) is 14.3. The summed E-state index contributed by atoms with van der Waals surface area (Å²) in [6.45, 7) is -1.12. The lowest BCUT2D eigenvalue weighted by Crippen LogP contribution is -2.31. The number of anilines is 2. The van der Waals surface area contributed by atoms with E-state index in [2.05, 4.69) is 0 Å². The van der Waals surface area contributed by atoms with Crippen LogP contribution < -0.4 is 16.2 Å². The lowest BCUT2D eigenvalue weighted by atomic mass is 9.87. The third-order valence-corrected chi connectivity index (χ3v) is 5.78. The number of rotatable bonds is 9. The van der Waals surface area contributed by atoms with Crippen LogP contribution in [0, 0.1) is 5.92 Å². The van der Waals surface area contributed by atoms with Gasteiger partial charge in [-0.2, -0.15) is 13.2 Å². The van der Waals surface area contributed by atoms with Gasteiger partial charge >= 0.3 is 18.1 Å². The summed E-state index contributed by atoms with van der Waals surface area (Å²) in [6.07, 6.45) is 0.0363. The van der Waals surface area contributed by atoms with Gasteiger partial charge in [0.2, 0.25) is 0 Å². The van der Waals surface area contributed by atoms with Crippen LogP contribution in [0.4, 0.5) is 24.5 Å². The highest BCUT2D eigenvalue weighted by Gasteiger charge is 2.32. The largest absolute Gasteiger partial charge is 0.462 e. The van der Waals surface area contributed by atoms with Gasteiger partial charge < -0.3 is 25.7 Å². The van der Waals surface area contributed by atoms with Crippen molar-refractivity contribution >= 4 is 29.4 Å². The fraction of sp³-hybridized carbons (Fsp3) is 0.385. The number of carbonyl (C=O) groups is 2. The van der Waals surface area contributed by atoms with Crippen molar-refractivity contribution < 1.29 is 37.0 Å². The molecule has 0 aromatic heterocycles. The molecule has 2 aromatic rings. The number of hydrogen-bond donors (Lipinski definition) is 2. The van der Waals surface area contributed by atoms with Crippen LogP contribution in [0.3, 0.4) is 0 Å². The van der Waals surface area contributed by atoms with Gasteiger partial charge in [-0.3, -0.25) is 4.79 Å². The van der Waals surface area contributed by atoms with E-state index in [4.69, 9.17) is 25.7 Å². The van der Waals surface area contributed by atoms with Crippen LogP contribution in [0.2, 0.25) is 0 Å². The summed E-state index contributed by atoms with van der Waals surface area (Å²) < 4.78 is 52.3. The normalized spacial score (nSPS) is 18.2. The Hall–Kier alpha value is -3.53. The van der Waals surface area contributed by atoms with E-state index in [0.717, 1.165) is 5.56 Å². The van der Waals surface area contributed by atoms with E-state index in [1.807, 2.05) is 0 Å². The smallest absolute Gasteiger partial charge is 0.411 e. The van der Waals surface area contributed by atoms with Gasteiger partial charge in [-0.1, -0.05) is 12.1 Å². The highest BCUT2D eigenvalue weighted by molar-refractivity contribution is 5.87. The second kappa shape index (κ2) is 12.4. The first-order valence-electron chi connectivity index (χ1n) is 11.6. The van der Waals surface area contributed by atoms with Crippen LogP contribution in [-0.4, -0.2) is 37.4 Å². The zero-order valence-corrected chi connectivity index (χ0v) is 19.6. The molecule has 10 heteroatoms. The van der Waals surface area contributed by atoms with Crippen LogP contribution in [-0.2, 0) is 25.5 Å². The predicted octanol–water partition coefficient (Wildman–Crippen LogP) is 4.69. The number of benzene rings is 2. The highest BCUT2D eigenvalue weighted by Crippen LogP contribution is 2.29. The maximum atomic E-state index is 12.4. The Kier molecular flexibility index (Phi) is 9.35. The molecular formula is C26H29F3N2O5. The molecule has 0 unspecified atom stereocenters. The van der Waals surface area contributed by atoms with E-state index in [-0.39, 0.29) is 12.5 Å². The van der Waals surface area contributed by atoms with Crippen molar-refractivity contribution in [2.24, 2.45) is 5.92 Å². The maximum Gasteiger partial charge on any atom is 0.411 e. The third-order valence-electron chi connectivity index (χ3n) is 5.78. The molecule has 7 nitrogen and oxygen atoms in total. The fourth-order valence-electron chi connectivity index (χ4n) is 3.84. The maximum absolute atomic E-state index is 12.4. The monoisotopic (exact) mass is 506 g/mol. The van der Waals surface area contributed by atoms with E-state index in [9.17, 15) is 22.8 Å². The van der Waals surface area contributed by atoms with Crippen LogP contribution in [0.25, 0.3) is 6.08 Å². The average Bonchev–Trinajstić information content (AvgIpc) is 2.84. The molecule has 0 radical (unpaired) electrons. The van der Waals surface area contributed by atoms with Gasteiger partial charge in [-0.25, -0.2) is 4.79 Å². The quantitative estimate of drug-likeness (QED) is 0.219. The van der Waals surface area contributed by atoms with Crippen LogP contribution in [0.5, 0.6) is 5.75 Å². The number of esters is 2. The SMILES string of the molecule is Nc1ccc(N)c(CCOC(=O)/C=C/c2ccc(OC(=O)C3CCC(OCC(F)(F)F)CC3)cc2)c1. The number of alkyl halides is 3. The highest BCUT2D eigenvalue weighted by atomic mass is 19.4. The molecule has 0 aliphatic heterocycles. The molecule has 1 aliphatic rings. The number of carbonyl (C=O) groups excluding carboxylic acids is 2. The van der Waals surface area contributed by atoms with Crippen molar-refractivity contribution in [1.29, 1.82) is 0 Å². The van der Waals surface area contributed by atoms with Gasteiger partial charge in [0.1, 0.15) is 12.4 Å². The first-order valence-corrected chi connectivity index (χ1v) is 11.6. The lowest BCUT2D eigenvalue weighted by Gasteiger charge is -2.27. The average molecular weight is 507 g/mol. The van der Waals surface area contributed by atoms with Gasteiger partial charge in [-0.15, -0.1) is 0 Å². The number of nitrogens with two attached hydrogens (primary N) is 2. The van der Waals surface area contributed by atoms with E-state index in [1.54, 1.807) is 48.5 Å². The fourth-order valence-corrected chi connectivity index (χ4v) is 3.84. The van der Waals surface area contributed by atoms with Crippen molar-refractivity contribution in [3.05, 3.63) is 59.7 Å². The Labute approximate surface area is 207 Å². The van der Waals surface area contributed by atoms with Crippen molar-refractivity contribution in [2.75, 3.05) is 24.7 Å². The molecule has 0 amide bonds. The zero-order chi connectivity index (χ0) is 26.1. The minimum Gasteiger partial charge on any atom is -0.462 e. The van der Waals surface area contributed by atoms with Gasteiger partial charge in [-0.05, 0) is 73.2 Å². The summed E-state index contributed by atoms with van der Waals surface area (Å²) in [7, 11) is 0. The summed E-state index contributed by atoms with van der Waals surface area (Å²) in [6, 6.07) is 11.7. The number of nitrogen functional groups attached to an aromatic ring is 2. The molecule has 1 fully saturated rings. The summed E-state index contributed by atoms with van der Waals surface area (Å²) in [5, 5.41) is 0. The number of hydrogen-bond acceptors (Lipinski definition) is 7. The van der Waals surface area contributed by atoms with Crippen LogP contribution in [0.1, 0.15) is 36.8 Å². The Morgan fingerprint density at radius 1 is 1.00 bits per heavy atom. The van der Waals surface area contributed by atoms with Gasteiger partial charge in [0.25, 0.3) is 0 Å². The van der Waals surface area contributed by atoms with E-state index in [1.165, 1.54) is 6.08 Å². The number of halogens is 3. The van der Waals surface area contributed by atoms with Gasteiger partial charge in [0, 0.05) is 23.9 Å². The van der Waals surface area contributed by atoms with Crippen molar-refractivity contribution in [3.63, 3.8) is 0 Å². The van der Waals surface area contributed by atoms with Crippen LogP contribution >= 0.6 is 0 Å². The Balaban J connectivity index is 1.39. The molecule has 1 aliphatic carbocycles. The second-order valence-electron chi connectivity index (χ2n) is 8.60. The second-order valence-corrected chi connectivity index (χ2v) is 8.60.